The highest BCUT2D eigenvalue weighted by atomic mass is 16.6. The molecule has 0 aliphatic rings. The SMILES string of the molecule is CCCCC(C)(C)C(=O)NCC(CC[C@H](C=O)C(C)C)OC(C)(C)NC(=O)OC(C)(C)C. The molecule has 0 heterocycles. The van der Waals surface area contributed by atoms with Crippen molar-refractivity contribution >= 4 is 18.3 Å². The molecule has 2 N–H and O–H groups in total. The summed E-state index contributed by atoms with van der Waals surface area (Å²) in [6.07, 6.45) is 4.11. The number of carbonyl (C=O) groups is 3. The second kappa shape index (κ2) is 13.2. The van der Waals surface area contributed by atoms with Crippen LogP contribution in [-0.4, -0.2) is 42.3 Å². The Kier molecular flexibility index (Phi) is 12.5. The van der Waals surface area contributed by atoms with Gasteiger partial charge in [0.25, 0.3) is 0 Å². The number of hydrogen-bond donors (Lipinski definition) is 2. The number of nitrogens with one attached hydrogen (secondary N) is 2. The van der Waals surface area contributed by atoms with Crippen molar-refractivity contribution in [2.24, 2.45) is 17.3 Å². The van der Waals surface area contributed by atoms with Crippen LogP contribution in [0.25, 0.3) is 0 Å². The standard InChI is InChI=1S/C25H48N2O5/c1-11-12-15-24(7,8)21(29)26-16-20(14-13-19(17-28)18(2)3)31-25(9,10)27-22(30)32-23(4,5)6/h17-20H,11-16H2,1-10H3,(H,26,29)(H,27,30)/t19-,20?/m1/s1. The van der Waals surface area contributed by atoms with Crippen molar-refractivity contribution in [3.63, 3.8) is 0 Å². The van der Waals surface area contributed by atoms with Gasteiger partial charge in [0.2, 0.25) is 5.91 Å². The first kappa shape index (κ1) is 30.4. The highest BCUT2D eigenvalue weighted by Gasteiger charge is 2.31. The lowest BCUT2D eigenvalue weighted by molar-refractivity contribution is -0.133. The summed E-state index contributed by atoms with van der Waals surface area (Å²) < 4.78 is 11.5. The quantitative estimate of drug-likeness (QED) is 0.276. The number of hydrogen-bond acceptors (Lipinski definition) is 5. The number of rotatable bonds is 14. The van der Waals surface area contributed by atoms with Gasteiger partial charge in [-0.2, -0.15) is 0 Å². The van der Waals surface area contributed by atoms with Gasteiger partial charge in [0.05, 0.1) is 6.10 Å². The Morgan fingerprint density at radius 3 is 2.06 bits per heavy atom. The van der Waals surface area contributed by atoms with Crippen LogP contribution in [0.15, 0.2) is 0 Å². The van der Waals surface area contributed by atoms with Crippen LogP contribution in [0.4, 0.5) is 4.79 Å². The van der Waals surface area contributed by atoms with Gasteiger partial charge in [-0.15, -0.1) is 0 Å². The van der Waals surface area contributed by atoms with Crippen molar-refractivity contribution in [2.45, 2.75) is 119 Å². The molecular formula is C25H48N2O5. The summed E-state index contributed by atoms with van der Waals surface area (Å²) in [7, 11) is 0. The second-order valence-electron chi connectivity index (χ2n) is 11.2. The number of alkyl carbamates (subject to hydrolysis) is 1. The molecule has 0 fully saturated rings. The van der Waals surface area contributed by atoms with Gasteiger partial charge in [-0.25, -0.2) is 4.79 Å². The Morgan fingerprint density at radius 1 is 1.00 bits per heavy atom. The van der Waals surface area contributed by atoms with E-state index in [9.17, 15) is 14.4 Å². The van der Waals surface area contributed by atoms with Crippen molar-refractivity contribution in [3.8, 4) is 0 Å². The third-order valence-corrected chi connectivity index (χ3v) is 5.38. The third kappa shape index (κ3) is 13.0. The van der Waals surface area contributed by atoms with Crippen LogP contribution in [0, 0.1) is 17.3 Å². The lowest BCUT2D eigenvalue weighted by Gasteiger charge is -2.34. The highest BCUT2D eigenvalue weighted by molar-refractivity contribution is 5.81. The maximum Gasteiger partial charge on any atom is 0.409 e. The van der Waals surface area contributed by atoms with Crippen molar-refractivity contribution in [1.29, 1.82) is 0 Å². The fourth-order valence-electron chi connectivity index (χ4n) is 3.31. The Balaban J connectivity index is 5.22. The molecule has 0 saturated heterocycles. The zero-order chi connectivity index (χ0) is 25.2. The molecule has 0 aromatic rings. The van der Waals surface area contributed by atoms with Crippen LogP contribution in [0.1, 0.15) is 101 Å². The average molecular weight is 457 g/mol. The summed E-state index contributed by atoms with van der Waals surface area (Å²) in [5.74, 6) is 0.122. The Hall–Kier alpha value is -1.63. The van der Waals surface area contributed by atoms with E-state index in [0.717, 1.165) is 25.5 Å². The van der Waals surface area contributed by atoms with Gasteiger partial charge in [0, 0.05) is 17.9 Å². The minimum atomic E-state index is -1.01. The third-order valence-electron chi connectivity index (χ3n) is 5.38. The first-order chi connectivity index (χ1) is 14.5. The van der Waals surface area contributed by atoms with Crippen LogP contribution < -0.4 is 10.6 Å². The van der Waals surface area contributed by atoms with Crippen molar-refractivity contribution < 1.29 is 23.9 Å². The fraction of sp³-hybridized carbons (Fsp3) is 0.880. The number of unbranched alkanes of at least 4 members (excludes halogenated alkanes) is 1. The zero-order valence-electron chi connectivity index (χ0n) is 22.1. The van der Waals surface area contributed by atoms with E-state index in [1.165, 1.54) is 0 Å². The summed E-state index contributed by atoms with van der Waals surface area (Å²) in [6, 6.07) is 0. The van der Waals surface area contributed by atoms with Gasteiger partial charge in [-0.1, -0.05) is 47.5 Å². The number of aldehydes is 1. The molecular weight excluding hydrogens is 408 g/mol. The van der Waals surface area contributed by atoms with Crippen LogP contribution in [0.2, 0.25) is 0 Å². The average Bonchev–Trinajstić information content (AvgIpc) is 2.61. The van der Waals surface area contributed by atoms with E-state index in [2.05, 4.69) is 17.6 Å². The van der Waals surface area contributed by atoms with Gasteiger partial charge in [-0.3, -0.25) is 10.1 Å². The molecule has 0 aromatic heterocycles. The molecule has 188 valence electrons. The van der Waals surface area contributed by atoms with Gasteiger partial charge in [-0.05, 0) is 59.8 Å². The van der Waals surface area contributed by atoms with E-state index in [4.69, 9.17) is 9.47 Å². The lowest BCUT2D eigenvalue weighted by atomic mass is 9.86. The van der Waals surface area contributed by atoms with E-state index in [1.54, 1.807) is 34.6 Å². The maximum absolute atomic E-state index is 12.8. The molecule has 0 bridgehead atoms. The van der Waals surface area contributed by atoms with Crippen LogP contribution in [-0.2, 0) is 19.1 Å². The summed E-state index contributed by atoms with van der Waals surface area (Å²) in [5, 5.41) is 5.77. The van der Waals surface area contributed by atoms with E-state index in [1.807, 2.05) is 27.7 Å². The molecule has 7 heteroatoms. The molecule has 0 aromatic carbocycles. The van der Waals surface area contributed by atoms with E-state index in [-0.39, 0.29) is 23.8 Å². The minimum absolute atomic E-state index is 0.0201. The topological polar surface area (TPSA) is 93.7 Å². The summed E-state index contributed by atoms with van der Waals surface area (Å²) in [4.78, 5) is 36.4. The number of amides is 2. The first-order valence-electron chi connectivity index (χ1n) is 12.0. The fourth-order valence-corrected chi connectivity index (χ4v) is 3.31. The molecule has 0 aliphatic carbocycles. The number of ether oxygens (including phenoxy) is 2. The van der Waals surface area contributed by atoms with Crippen molar-refractivity contribution in [1.82, 2.24) is 10.6 Å². The smallest absolute Gasteiger partial charge is 0.409 e. The van der Waals surface area contributed by atoms with Crippen LogP contribution >= 0.6 is 0 Å². The maximum atomic E-state index is 12.8. The highest BCUT2D eigenvalue weighted by Crippen LogP contribution is 2.24. The second-order valence-corrected chi connectivity index (χ2v) is 11.2. The first-order valence-corrected chi connectivity index (χ1v) is 12.0. The Bertz CT molecular complexity index is 594. The molecule has 0 aliphatic heterocycles. The predicted molar refractivity (Wildman–Crippen MR) is 128 cm³/mol. The predicted octanol–water partition coefficient (Wildman–Crippen LogP) is 5.22. The van der Waals surface area contributed by atoms with E-state index < -0.39 is 22.8 Å². The molecule has 0 rings (SSSR count). The summed E-state index contributed by atoms with van der Waals surface area (Å²) in [6.45, 7) is 19.2. The Morgan fingerprint density at radius 2 is 1.59 bits per heavy atom. The minimum Gasteiger partial charge on any atom is -0.444 e. The Labute approximate surface area is 195 Å². The van der Waals surface area contributed by atoms with Gasteiger partial charge in [0.1, 0.15) is 17.6 Å². The van der Waals surface area contributed by atoms with Gasteiger partial charge < -0.3 is 19.6 Å². The van der Waals surface area contributed by atoms with Gasteiger partial charge >= 0.3 is 6.09 Å². The zero-order valence-corrected chi connectivity index (χ0v) is 22.1. The van der Waals surface area contributed by atoms with Crippen LogP contribution in [0.5, 0.6) is 0 Å². The van der Waals surface area contributed by atoms with E-state index >= 15 is 0 Å². The van der Waals surface area contributed by atoms with Crippen molar-refractivity contribution in [3.05, 3.63) is 0 Å². The molecule has 7 nitrogen and oxygen atoms in total. The monoisotopic (exact) mass is 456 g/mol. The van der Waals surface area contributed by atoms with Crippen LogP contribution in [0.3, 0.4) is 0 Å². The molecule has 32 heavy (non-hydrogen) atoms. The van der Waals surface area contributed by atoms with Gasteiger partial charge in [0.15, 0.2) is 0 Å². The molecule has 0 spiro atoms. The lowest BCUT2D eigenvalue weighted by Crippen LogP contribution is -2.51. The normalized spacial score (nSPS) is 14.6. The molecule has 2 amide bonds. The molecule has 1 unspecified atom stereocenters. The summed E-state index contributed by atoms with van der Waals surface area (Å²) >= 11 is 0. The summed E-state index contributed by atoms with van der Waals surface area (Å²) in [5.41, 5.74) is -2.09. The largest absolute Gasteiger partial charge is 0.444 e. The van der Waals surface area contributed by atoms with E-state index in [0.29, 0.717) is 19.4 Å². The number of carbonyl (C=O) groups excluding carboxylic acids is 3. The molecule has 2 atom stereocenters. The molecule has 0 saturated carbocycles. The van der Waals surface area contributed by atoms with Crippen molar-refractivity contribution in [2.75, 3.05) is 6.54 Å². The molecule has 0 radical (unpaired) electrons.